The lowest BCUT2D eigenvalue weighted by Gasteiger charge is -2.15. The molecular weight excluding hydrogens is 443 g/mol. The molecule has 2 heterocycles. The second-order valence-corrected chi connectivity index (χ2v) is 7.00. The minimum atomic E-state index is -0.715. The van der Waals surface area contributed by atoms with E-state index in [-0.39, 0.29) is 11.5 Å². The predicted molar refractivity (Wildman–Crippen MR) is 107 cm³/mol. The minimum absolute atomic E-state index is 0.259. The van der Waals surface area contributed by atoms with Crippen LogP contribution in [0.1, 0.15) is 18.5 Å². The van der Waals surface area contributed by atoms with Gasteiger partial charge in [-0.05, 0) is 65.4 Å². The molecule has 0 fully saturated rings. The Bertz CT molecular complexity index is 955. The molecule has 132 valence electrons. The van der Waals surface area contributed by atoms with Crippen LogP contribution in [0.2, 0.25) is 0 Å². The fourth-order valence-electron chi connectivity index (χ4n) is 2.43. The molecular formula is C19H17IN4O2. The van der Waals surface area contributed by atoms with Crippen molar-refractivity contribution in [2.75, 3.05) is 0 Å². The number of carbonyl (C=O) groups excluding carboxylic acids is 1. The van der Waals surface area contributed by atoms with Crippen LogP contribution in [0, 0.1) is 3.57 Å². The van der Waals surface area contributed by atoms with Crippen LogP contribution < -0.4 is 10.9 Å². The highest BCUT2D eigenvalue weighted by atomic mass is 127. The van der Waals surface area contributed by atoms with Crippen LogP contribution >= 0.6 is 22.6 Å². The second kappa shape index (κ2) is 8.22. The van der Waals surface area contributed by atoms with Crippen LogP contribution in [0.5, 0.6) is 0 Å². The van der Waals surface area contributed by atoms with Gasteiger partial charge in [-0.2, -0.15) is 5.10 Å². The topological polar surface area (TPSA) is 76.9 Å². The molecule has 0 radical (unpaired) electrons. The summed E-state index contributed by atoms with van der Waals surface area (Å²) in [7, 11) is 0. The summed E-state index contributed by atoms with van der Waals surface area (Å²) in [5, 5.41) is 7.20. The first kappa shape index (κ1) is 18.2. The van der Waals surface area contributed by atoms with E-state index in [1.165, 1.54) is 10.7 Å². The first-order valence-electron chi connectivity index (χ1n) is 8.07. The van der Waals surface area contributed by atoms with Crippen molar-refractivity contribution >= 4 is 28.5 Å². The van der Waals surface area contributed by atoms with Gasteiger partial charge in [-0.3, -0.25) is 14.6 Å². The predicted octanol–water partition coefficient (Wildman–Crippen LogP) is 2.79. The number of nitrogens with one attached hydrogen (secondary N) is 1. The Labute approximate surface area is 164 Å². The number of nitrogens with zero attached hydrogens (tertiary/aromatic N) is 3. The maximum absolute atomic E-state index is 12.5. The first-order chi connectivity index (χ1) is 12.5. The maximum Gasteiger partial charge on any atom is 0.267 e. The molecule has 0 aliphatic heterocycles. The number of amides is 1. The van der Waals surface area contributed by atoms with E-state index < -0.39 is 6.04 Å². The van der Waals surface area contributed by atoms with Crippen LogP contribution in [0.15, 0.2) is 65.7 Å². The molecule has 6 nitrogen and oxygen atoms in total. The van der Waals surface area contributed by atoms with Crippen LogP contribution in [-0.2, 0) is 11.3 Å². The van der Waals surface area contributed by atoms with Gasteiger partial charge in [0.1, 0.15) is 6.04 Å². The highest BCUT2D eigenvalue weighted by Gasteiger charge is 2.17. The lowest BCUT2D eigenvalue weighted by Crippen LogP contribution is -2.36. The Kier molecular flexibility index (Phi) is 5.77. The van der Waals surface area contributed by atoms with E-state index in [9.17, 15) is 9.59 Å². The Balaban J connectivity index is 1.76. The SMILES string of the molecule is CC(C(=O)NCc1ccc(I)cc1)n1nc(-c2ccncc2)ccc1=O. The van der Waals surface area contributed by atoms with Gasteiger partial charge in [-0.15, -0.1) is 0 Å². The van der Waals surface area contributed by atoms with Crippen molar-refractivity contribution in [1.29, 1.82) is 0 Å². The number of carbonyl (C=O) groups is 1. The fraction of sp³-hybridized carbons (Fsp3) is 0.158. The van der Waals surface area contributed by atoms with Crippen LogP contribution in [-0.4, -0.2) is 20.7 Å². The van der Waals surface area contributed by atoms with Crippen molar-refractivity contribution in [2.24, 2.45) is 0 Å². The highest BCUT2D eigenvalue weighted by Crippen LogP contribution is 2.14. The average Bonchev–Trinajstić information content (AvgIpc) is 2.68. The van der Waals surface area contributed by atoms with Crippen molar-refractivity contribution in [3.63, 3.8) is 0 Å². The van der Waals surface area contributed by atoms with E-state index in [1.54, 1.807) is 37.5 Å². The van der Waals surface area contributed by atoms with Crippen molar-refractivity contribution in [1.82, 2.24) is 20.1 Å². The van der Waals surface area contributed by atoms with Crippen molar-refractivity contribution in [3.8, 4) is 11.3 Å². The molecule has 1 atom stereocenters. The summed E-state index contributed by atoms with van der Waals surface area (Å²) < 4.78 is 2.34. The molecule has 1 aromatic carbocycles. The Hall–Kier alpha value is -2.55. The third-order valence-corrected chi connectivity index (χ3v) is 4.65. The Morgan fingerprint density at radius 3 is 2.50 bits per heavy atom. The molecule has 2 aromatic heterocycles. The zero-order valence-corrected chi connectivity index (χ0v) is 16.3. The number of hydrogen-bond donors (Lipinski definition) is 1. The number of rotatable bonds is 5. The summed E-state index contributed by atoms with van der Waals surface area (Å²) in [6.45, 7) is 2.06. The van der Waals surface area contributed by atoms with Crippen molar-refractivity contribution < 1.29 is 4.79 Å². The zero-order chi connectivity index (χ0) is 18.5. The molecule has 7 heteroatoms. The van der Waals surface area contributed by atoms with Crippen molar-refractivity contribution in [2.45, 2.75) is 19.5 Å². The Morgan fingerprint density at radius 2 is 1.81 bits per heavy atom. The molecule has 1 amide bonds. The molecule has 0 bridgehead atoms. The first-order valence-corrected chi connectivity index (χ1v) is 9.15. The summed E-state index contributed by atoms with van der Waals surface area (Å²) in [4.78, 5) is 28.6. The van der Waals surface area contributed by atoms with Crippen LogP contribution in [0.3, 0.4) is 0 Å². The average molecular weight is 460 g/mol. The summed E-state index contributed by atoms with van der Waals surface area (Å²) in [5.41, 5.74) is 2.13. The van der Waals surface area contributed by atoms with Gasteiger partial charge in [0, 0.05) is 34.1 Å². The monoisotopic (exact) mass is 460 g/mol. The van der Waals surface area contributed by atoms with Gasteiger partial charge in [0.15, 0.2) is 0 Å². The fourth-order valence-corrected chi connectivity index (χ4v) is 2.79. The molecule has 0 aliphatic carbocycles. The van der Waals surface area contributed by atoms with Crippen molar-refractivity contribution in [3.05, 3.63) is 80.4 Å². The molecule has 3 rings (SSSR count). The van der Waals surface area contributed by atoms with Gasteiger partial charge >= 0.3 is 0 Å². The van der Waals surface area contributed by atoms with Gasteiger partial charge in [0.25, 0.3) is 5.56 Å². The number of pyridine rings is 1. The largest absolute Gasteiger partial charge is 0.350 e. The quantitative estimate of drug-likeness (QED) is 0.595. The molecule has 0 saturated carbocycles. The van der Waals surface area contributed by atoms with Gasteiger partial charge in [-0.1, -0.05) is 12.1 Å². The number of halogens is 1. The number of hydrogen-bond acceptors (Lipinski definition) is 4. The number of benzene rings is 1. The van der Waals surface area contributed by atoms with Gasteiger partial charge in [0.2, 0.25) is 5.91 Å². The summed E-state index contributed by atoms with van der Waals surface area (Å²) in [5.74, 6) is -0.259. The smallest absolute Gasteiger partial charge is 0.267 e. The summed E-state index contributed by atoms with van der Waals surface area (Å²) in [6.07, 6.45) is 3.31. The standard InChI is InChI=1S/C19H17IN4O2/c1-13(19(26)22-12-14-2-4-16(20)5-3-14)24-18(25)7-6-17(23-24)15-8-10-21-11-9-15/h2-11,13H,12H2,1H3,(H,22,26). The molecule has 0 saturated heterocycles. The summed E-state index contributed by atoms with van der Waals surface area (Å²) in [6, 6.07) is 13.8. The van der Waals surface area contributed by atoms with Crippen LogP contribution in [0.4, 0.5) is 0 Å². The molecule has 1 unspecified atom stereocenters. The van der Waals surface area contributed by atoms with Gasteiger partial charge in [0.05, 0.1) is 5.69 Å². The zero-order valence-electron chi connectivity index (χ0n) is 14.1. The Morgan fingerprint density at radius 1 is 1.12 bits per heavy atom. The normalized spacial score (nSPS) is 11.8. The molecule has 3 aromatic rings. The third-order valence-electron chi connectivity index (χ3n) is 3.93. The van der Waals surface area contributed by atoms with E-state index in [2.05, 4.69) is 38.0 Å². The molecule has 0 aliphatic rings. The third kappa shape index (κ3) is 4.34. The second-order valence-electron chi connectivity index (χ2n) is 5.76. The number of aromatic nitrogens is 3. The van der Waals surface area contributed by atoms with E-state index in [4.69, 9.17) is 0 Å². The lowest BCUT2D eigenvalue weighted by molar-refractivity contribution is -0.124. The molecule has 26 heavy (non-hydrogen) atoms. The van der Waals surface area contributed by atoms with Crippen LogP contribution in [0.25, 0.3) is 11.3 Å². The molecule has 0 spiro atoms. The minimum Gasteiger partial charge on any atom is -0.350 e. The van der Waals surface area contributed by atoms with Gasteiger partial charge in [-0.25, -0.2) is 4.68 Å². The van der Waals surface area contributed by atoms with E-state index in [1.807, 2.05) is 24.3 Å². The van der Waals surface area contributed by atoms with E-state index >= 15 is 0 Å². The van der Waals surface area contributed by atoms with Gasteiger partial charge < -0.3 is 5.32 Å². The van der Waals surface area contributed by atoms with E-state index in [0.717, 1.165) is 14.7 Å². The lowest BCUT2D eigenvalue weighted by atomic mass is 10.2. The summed E-state index contributed by atoms with van der Waals surface area (Å²) >= 11 is 2.23. The van der Waals surface area contributed by atoms with E-state index in [0.29, 0.717) is 12.2 Å². The highest BCUT2D eigenvalue weighted by molar-refractivity contribution is 14.1. The molecule has 1 N–H and O–H groups in total. The maximum atomic E-state index is 12.5.